The maximum atomic E-state index is 12.3. The van der Waals surface area contributed by atoms with Gasteiger partial charge in [-0.15, -0.1) is 0 Å². The predicted octanol–water partition coefficient (Wildman–Crippen LogP) is 2.37. The van der Waals surface area contributed by atoms with Crippen LogP contribution in [0.25, 0.3) is 0 Å². The molecule has 2 N–H and O–H groups in total. The van der Waals surface area contributed by atoms with E-state index in [1.165, 1.54) is 14.2 Å². The Morgan fingerprint density at radius 3 is 2.57 bits per heavy atom. The summed E-state index contributed by atoms with van der Waals surface area (Å²) in [6.07, 6.45) is 0. The zero-order chi connectivity index (χ0) is 20.8. The summed E-state index contributed by atoms with van der Waals surface area (Å²) >= 11 is 8.72. The molecule has 1 aliphatic heterocycles. The van der Waals surface area contributed by atoms with Crippen molar-refractivity contribution in [2.24, 2.45) is 0 Å². The number of rotatable bonds is 7. The van der Waals surface area contributed by atoms with Gasteiger partial charge in [-0.3, -0.25) is 0 Å². The molecule has 1 heterocycles. The van der Waals surface area contributed by atoms with Crippen LogP contribution in [0, 0.1) is 0 Å². The van der Waals surface area contributed by atoms with Gasteiger partial charge in [0.15, 0.2) is 23.2 Å². The van der Waals surface area contributed by atoms with E-state index in [2.05, 4.69) is 26.6 Å². The van der Waals surface area contributed by atoms with Gasteiger partial charge < -0.3 is 29.6 Å². The molecule has 1 aromatic rings. The van der Waals surface area contributed by atoms with Gasteiger partial charge in [-0.2, -0.15) is 0 Å². The predicted molar refractivity (Wildman–Crippen MR) is 109 cm³/mol. The molecule has 1 unspecified atom stereocenters. The lowest BCUT2D eigenvalue weighted by molar-refractivity contribution is -0.145. The third kappa shape index (κ3) is 4.93. The molecule has 0 spiro atoms. The van der Waals surface area contributed by atoms with E-state index in [0.717, 1.165) is 0 Å². The number of hydrogen-bond acceptors (Lipinski definition) is 7. The van der Waals surface area contributed by atoms with Gasteiger partial charge in [-0.1, -0.05) is 15.9 Å². The zero-order valence-electron chi connectivity index (χ0n) is 15.9. The Morgan fingerprint density at radius 1 is 1.25 bits per heavy atom. The first-order valence-corrected chi connectivity index (χ1v) is 9.54. The number of halogens is 1. The minimum atomic E-state index is -0.566. The number of methoxy groups -OCH3 is 2. The van der Waals surface area contributed by atoms with Gasteiger partial charge in [0.2, 0.25) is 0 Å². The number of carbonyl (C=O) groups is 2. The molecular weight excluding hydrogens is 452 g/mol. The Morgan fingerprint density at radius 2 is 1.96 bits per heavy atom. The van der Waals surface area contributed by atoms with Crippen molar-refractivity contribution < 1.29 is 28.5 Å². The van der Waals surface area contributed by atoms with Crippen molar-refractivity contribution in [2.75, 3.05) is 27.4 Å². The minimum absolute atomic E-state index is 0.252. The Labute approximate surface area is 176 Å². The second-order valence-electron chi connectivity index (χ2n) is 5.68. The number of nitrogens with one attached hydrogen (secondary N) is 2. The van der Waals surface area contributed by atoms with Crippen LogP contribution >= 0.6 is 28.1 Å². The molecule has 8 nitrogen and oxygen atoms in total. The van der Waals surface area contributed by atoms with Gasteiger partial charge in [0, 0.05) is 10.2 Å². The average Bonchev–Trinajstić information content (AvgIpc) is 2.65. The SMILES string of the molecule is CCOC(=O)COc1cc(Br)c(C2NC(=S)NC(C)=C2C(=O)OC)cc1OC. The molecule has 10 heteroatoms. The van der Waals surface area contributed by atoms with Crippen LogP contribution in [0.1, 0.15) is 25.5 Å². The van der Waals surface area contributed by atoms with Gasteiger partial charge in [0.25, 0.3) is 0 Å². The summed E-state index contributed by atoms with van der Waals surface area (Å²) in [7, 11) is 2.79. The van der Waals surface area contributed by atoms with E-state index in [1.807, 2.05) is 0 Å². The number of benzene rings is 1. The minimum Gasteiger partial charge on any atom is -0.493 e. The highest BCUT2D eigenvalue weighted by atomic mass is 79.9. The summed E-state index contributed by atoms with van der Waals surface area (Å²) in [5.41, 5.74) is 1.66. The zero-order valence-corrected chi connectivity index (χ0v) is 18.3. The summed E-state index contributed by atoms with van der Waals surface area (Å²) in [5.74, 6) is -0.237. The van der Waals surface area contributed by atoms with E-state index in [1.54, 1.807) is 26.0 Å². The van der Waals surface area contributed by atoms with Crippen molar-refractivity contribution in [2.45, 2.75) is 19.9 Å². The molecule has 2 rings (SSSR count). The Kier molecular flexibility index (Phi) is 7.64. The van der Waals surface area contributed by atoms with Crippen molar-refractivity contribution in [3.8, 4) is 11.5 Å². The van der Waals surface area contributed by atoms with Gasteiger partial charge in [-0.05, 0) is 43.8 Å². The number of ether oxygens (including phenoxy) is 4. The summed E-state index contributed by atoms with van der Waals surface area (Å²) in [6, 6.07) is 2.79. The molecule has 0 aromatic heterocycles. The van der Waals surface area contributed by atoms with E-state index < -0.39 is 18.0 Å². The molecule has 0 aliphatic carbocycles. The van der Waals surface area contributed by atoms with Crippen LogP contribution in [0.4, 0.5) is 0 Å². The molecule has 1 aromatic carbocycles. The van der Waals surface area contributed by atoms with Crippen LogP contribution in [-0.2, 0) is 19.1 Å². The van der Waals surface area contributed by atoms with Crippen LogP contribution in [0.5, 0.6) is 11.5 Å². The topological polar surface area (TPSA) is 95.1 Å². The van der Waals surface area contributed by atoms with Crippen molar-refractivity contribution in [1.29, 1.82) is 0 Å². The van der Waals surface area contributed by atoms with Gasteiger partial charge in [0.1, 0.15) is 0 Å². The molecule has 1 atom stereocenters. The maximum Gasteiger partial charge on any atom is 0.344 e. The Hall–Kier alpha value is -2.33. The van der Waals surface area contributed by atoms with Crippen molar-refractivity contribution in [1.82, 2.24) is 10.6 Å². The molecule has 0 saturated heterocycles. The average molecular weight is 473 g/mol. The second kappa shape index (κ2) is 9.74. The van der Waals surface area contributed by atoms with Crippen LogP contribution in [-0.4, -0.2) is 44.5 Å². The number of thiocarbonyl (C=S) groups is 1. The monoisotopic (exact) mass is 472 g/mol. The van der Waals surface area contributed by atoms with Crippen molar-refractivity contribution in [3.63, 3.8) is 0 Å². The molecular formula is C18H21BrN2O6S. The molecule has 28 heavy (non-hydrogen) atoms. The molecule has 0 amide bonds. The van der Waals surface area contributed by atoms with Crippen LogP contribution in [0.15, 0.2) is 27.9 Å². The summed E-state index contributed by atoms with van der Waals surface area (Å²) in [6.45, 7) is 3.48. The van der Waals surface area contributed by atoms with E-state index in [9.17, 15) is 9.59 Å². The Balaban J connectivity index is 2.42. The third-order valence-electron chi connectivity index (χ3n) is 3.92. The van der Waals surface area contributed by atoms with E-state index in [0.29, 0.717) is 37.9 Å². The lowest BCUT2D eigenvalue weighted by atomic mass is 9.95. The molecule has 0 radical (unpaired) electrons. The van der Waals surface area contributed by atoms with E-state index >= 15 is 0 Å². The normalized spacial score (nSPS) is 16.0. The molecule has 0 bridgehead atoms. The largest absolute Gasteiger partial charge is 0.493 e. The maximum absolute atomic E-state index is 12.3. The molecule has 0 saturated carbocycles. The molecule has 152 valence electrons. The van der Waals surface area contributed by atoms with E-state index in [4.69, 9.17) is 31.2 Å². The highest BCUT2D eigenvalue weighted by molar-refractivity contribution is 9.10. The van der Waals surface area contributed by atoms with Crippen molar-refractivity contribution >= 4 is 45.2 Å². The summed E-state index contributed by atoms with van der Waals surface area (Å²) in [4.78, 5) is 23.9. The fraction of sp³-hybridized carbons (Fsp3) is 0.389. The first-order chi connectivity index (χ1) is 13.3. The van der Waals surface area contributed by atoms with E-state index in [-0.39, 0.29) is 13.2 Å². The smallest absolute Gasteiger partial charge is 0.344 e. The quantitative estimate of drug-likeness (QED) is 0.457. The number of esters is 2. The van der Waals surface area contributed by atoms with Crippen LogP contribution < -0.4 is 20.1 Å². The van der Waals surface area contributed by atoms with Gasteiger partial charge in [-0.25, -0.2) is 9.59 Å². The van der Waals surface area contributed by atoms with Gasteiger partial charge in [0.05, 0.1) is 32.4 Å². The number of allylic oxidation sites excluding steroid dienone is 1. The lowest BCUT2D eigenvalue weighted by Gasteiger charge is -2.30. The molecule has 0 fully saturated rings. The lowest BCUT2D eigenvalue weighted by Crippen LogP contribution is -2.45. The standard InChI is InChI=1S/C18H21BrN2O6S/c1-5-26-14(22)8-27-13-7-11(19)10(6-12(13)24-3)16-15(17(23)25-4)9(2)20-18(28)21-16/h6-7,16H,5,8H2,1-4H3,(H2,20,21,28). The highest BCUT2D eigenvalue weighted by Crippen LogP contribution is 2.39. The second-order valence-corrected chi connectivity index (χ2v) is 6.94. The fourth-order valence-electron chi connectivity index (χ4n) is 2.69. The van der Waals surface area contributed by atoms with Crippen molar-refractivity contribution in [3.05, 3.63) is 33.4 Å². The number of carbonyl (C=O) groups excluding carboxylic acids is 2. The number of hydrogen-bond donors (Lipinski definition) is 2. The summed E-state index contributed by atoms with van der Waals surface area (Å²) < 4.78 is 21.3. The first-order valence-electron chi connectivity index (χ1n) is 8.34. The first kappa shape index (κ1) is 22.0. The van der Waals surface area contributed by atoms with Crippen LogP contribution in [0.2, 0.25) is 0 Å². The highest BCUT2D eigenvalue weighted by Gasteiger charge is 2.32. The molecule has 1 aliphatic rings. The van der Waals surface area contributed by atoms with Gasteiger partial charge >= 0.3 is 11.9 Å². The third-order valence-corrected chi connectivity index (χ3v) is 4.83. The fourth-order valence-corrected chi connectivity index (χ4v) is 3.51. The Bertz CT molecular complexity index is 827. The van der Waals surface area contributed by atoms with Crippen LogP contribution in [0.3, 0.4) is 0 Å². The summed E-state index contributed by atoms with van der Waals surface area (Å²) in [5, 5.41) is 6.37.